The molecule has 1 aromatic heterocycles. The summed E-state index contributed by atoms with van der Waals surface area (Å²) < 4.78 is 2.03. The van der Waals surface area contributed by atoms with E-state index in [4.69, 9.17) is 5.73 Å². The molecule has 0 aliphatic carbocycles. The molecule has 0 bridgehead atoms. The van der Waals surface area contributed by atoms with Gasteiger partial charge >= 0.3 is 0 Å². The molecule has 0 spiro atoms. The molecule has 0 fully saturated rings. The zero-order valence-electron chi connectivity index (χ0n) is 10.6. The van der Waals surface area contributed by atoms with Crippen molar-refractivity contribution in [2.24, 2.45) is 7.05 Å². The van der Waals surface area contributed by atoms with Crippen LogP contribution in [0.2, 0.25) is 0 Å². The number of hydrogen-bond donors (Lipinski definition) is 1. The third-order valence-electron chi connectivity index (χ3n) is 2.38. The van der Waals surface area contributed by atoms with E-state index in [1.807, 2.05) is 25.5 Å². The van der Waals surface area contributed by atoms with Gasteiger partial charge < -0.3 is 10.3 Å². The molecule has 1 aromatic rings. The second-order valence-electron chi connectivity index (χ2n) is 4.38. The van der Waals surface area contributed by atoms with Gasteiger partial charge in [0, 0.05) is 12.7 Å². The van der Waals surface area contributed by atoms with E-state index in [0.29, 0.717) is 0 Å². The maximum atomic E-state index is 5.80. The van der Waals surface area contributed by atoms with Crippen molar-refractivity contribution in [1.29, 1.82) is 0 Å². The third-order valence-corrected chi connectivity index (χ3v) is 2.38. The molecule has 1 heterocycles. The maximum Gasteiger partial charge on any atom is 0.103 e. The SMILES string of the molecule is CC.Cc1c(C(C)(C)C)cc(N)n1C. The number of anilines is 1. The van der Waals surface area contributed by atoms with Crippen LogP contribution in [0.1, 0.15) is 45.9 Å². The van der Waals surface area contributed by atoms with Crippen molar-refractivity contribution >= 4 is 5.82 Å². The second-order valence-corrected chi connectivity index (χ2v) is 4.38. The van der Waals surface area contributed by atoms with Gasteiger partial charge in [0.05, 0.1) is 0 Å². The van der Waals surface area contributed by atoms with Crippen LogP contribution in [-0.2, 0) is 12.5 Å². The van der Waals surface area contributed by atoms with Gasteiger partial charge in [-0.05, 0) is 24.0 Å². The molecule has 1 rings (SSSR count). The van der Waals surface area contributed by atoms with Crippen LogP contribution in [0.15, 0.2) is 6.07 Å². The molecule has 14 heavy (non-hydrogen) atoms. The Kier molecular flexibility index (Phi) is 4.24. The molecule has 2 heteroatoms. The van der Waals surface area contributed by atoms with Crippen molar-refractivity contribution in [3.8, 4) is 0 Å². The fraction of sp³-hybridized carbons (Fsp3) is 0.667. The van der Waals surface area contributed by atoms with Crippen molar-refractivity contribution in [1.82, 2.24) is 4.57 Å². The standard InChI is InChI=1S/C10H18N2.C2H6/c1-7-8(10(2,3)4)6-9(11)12(7)5;1-2/h6H,11H2,1-5H3;1-2H3. The van der Waals surface area contributed by atoms with Crippen molar-refractivity contribution in [3.63, 3.8) is 0 Å². The van der Waals surface area contributed by atoms with Crippen LogP contribution in [0.3, 0.4) is 0 Å². The molecule has 0 aliphatic rings. The quantitative estimate of drug-likeness (QED) is 0.678. The van der Waals surface area contributed by atoms with Crippen LogP contribution in [0.5, 0.6) is 0 Å². The molecule has 0 unspecified atom stereocenters. The maximum absolute atomic E-state index is 5.80. The number of nitrogens with zero attached hydrogens (tertiary/aromatic N) is 1. The number of hydrogen-bond acceptors (Lipinski definition) is 1. The first-order valence-electron chi connectivity index (χ1n) is 5.26. The fourth-order valence-corrected chi connectivity index (χ4v) is 1.48. The van der Waals surface area contributed by atoms with Gasteiger partial charge in [-0.15, -0.1) is 0 Å². The Hall–Kier alpha value is -0.920. The average molecular weight is 196 g/mol. The van der Waals surface area contributed by atoms with E-state index in [0.717, 1.165) is 5.82 Å². The summed E-state index contributed by atoms with van der Waals surface area (Å²) in [5.74, 6) is 0.845. The second kappa shape index (κ2) is 4.54. The Bertz CT molecular complexity index is 290. The van der Waals surface area contributed by atoms with E-state index in [9.17, 15) is 0 Å². The molecule has 0 saturated heterocycles. The molecular formula is C12H24N2. The number of rotatable bonds is 0. The Morgan fingerprint density at radius 2 is 1.64 bits per heavy atom. The molecular weight excluding hydrogens is 172 g/mol. The molecule has 0 radical (unpaired) electrons. The van der Waals surface area contributed by atoms with Crippen LogP contribution < -0.4 is 5.73 Å². The summed E-state index contributed by atoms with van der Waals surface area (Å²) in [5.41, 5.74) is 8.59. The van der Waals surface area contributed by atoms with Crippen LogP contribution in [0.4, 0.5) is 5.82 Å². The average Bonchev–Trinajstić information content (AvgIpc) is 2.36. The summed E-state index contributed by atoms with van der Waals surface area (Å²) in [4.78, 5) is 0. The summed E-state index contributed by atoms with van der Waals surface area (Å²) in [5, 5.41) is 0. The molecule has 0 amide bonds. The van der Waals surface area contributed by atoms with E-state index in [1.165, 1.54) is 11.3 Å². The van der Waals surface area contributed by atoms with Crippen molar-refractivity contribution < 1.29 is 0 Å². The van der Waals surface area contributed by atoms with Gasteiger partial charge in [-0.1, -0.05) is 34.6 Å². The van der Waals surface area contributed by atoms with Gasteiger partial charge in [0.25, 0.3) is 0 Å². The van der Waals surface area contributed by atoms with E-state index < -0.39 is 0 Å². The van der Waals surface area contributed by atoms with Crippen molar-refractivity contribution in [2.75, 3.05) is 5.73 Å². The van der Waals surface area contributed by atoms with Gasteiger partial charge in [-0.25, -0.2) is 0 Å². The lowest BCUT2D eigenvalue weighted by Gasteiger charge is -2.18. The summed E-state index contributed by atoms with van der Waals surface area (Å²) in [6.45, 7) is 12.7. The molecule has 0 atom stereocenters. The van der Waals surface area contributed by atoms with Crippen LogP contribution >= 0.6 is 0 Å². The van der Waals surface area contributed by atoms with E-state index in [-0.39, 0.29) is 5.41 Å². The highest BCUT2D eigenvalue weighted by Crippen LogP contribution is 2.28. The van der Waals surface area contributed by atoms with Crippen LogP contribution in [0, 0.1) is 6.92 Å². The van der Waals surface area contributed by atoms with Crippen molar-refractivity contribution in [2.45, 2.75) is 47.0 Å². The van der Waals surface area contributed by atoms with Gasteiger partial charge in [-0.3, -0.25) is 0 Å². The molecule has 0 aromatic carbocycles. The Labute approximate surface area is 88.1 Å². The Morgan fingerprint density at radius 3 is 1.79 bits per heavy atom. The monoisotopic (exact) mass is 196 g/mol. The number of nitrogen functional groups attached to an aromatic ring is 1. The summed E-state index contributed by atoms with van der Waals surface area (Å²) >= 11 is 0. The highest BCUT2D eigenvalue weighted by molar-refractivity contribution is 5.43. The smallest absolute Gasteiger partial charge is 0.103 e. The van der Waals surface area contributed by atoms with Gasteiger partial charge in [0.1, 0.15) is 5.82 Å². The predicted molar refractivity (Wildman–Crippen MR) is 64.6 cm³/mol. The third kappa shape index (κ3) is 2.53. The highest BCUT2D eigenvalue weighted by atomic mass is 15.0. The minimum atomic E-state index is 0.194. The summed E-state index contributed by atoms with van der Waals surface area (Å²) in [6.07, 6.45) is 0. The normalized spacial score (nSPS) is 10.8. The lowest BCUT2D eigenvalue weighted by Crippen LogP contribution is -2.12. The van der Waals surface area contributed by atoms with Crippen LogP contribution in [-0.4, -0.2) is 4.57 Å². The lowest BCUT2D eigenvalue weighted by molar-refractivity contribution is 0.583. The minimum Gasteiger partial charge on any atom is -0.385 e. The molecule has 0 saturated carbocycles. The predicted octanol–water partition coefficient (Wildman–Crippen LogP) is 3.24. The van der Waals surface area contributed by atoms with Gasteiger partial charge in [0.15, 0.2) is 0 Å². The molecule has 82 valence electrons. The summed E-state index contributed by atoms with van der Waals surface area (Å²) in [6, 6.07) is 2.06. The van der Waals surface area contributed by atoms with E-state index in [1.54, 1.807) is 0 Å². The zero-order chi connectivity index (χ0) is 11.5. The summed E-state index contributed by atoms with van der Waals surface area (Å²) in [7, 11) is 2.00. The topological polar surface area (TPSA) is 30.9 Å². The Morgan fingerprint density at radius 1 is 1.21 bits per heavy atom. The number of aromatic nitrogens is 1. The Balaban J connectivity index is 0.000000791. The fourth-order valence-electron chi connectivity index (χ4n) is 1.48. The first-order valence-corrected chi connectivity index (χ1v) is 5.26. The first kappa shape index (κ1) is 13.1. The molecule has 0 aliphatic heterocycles. The highest BCUT2D eigenvalue weighted by Gasteiger charge is 2.19. The lowest BCUT2D eigenvalue weighted by atomic mass is 9.87. The molecule has 2 N–H and O–H groups in total. The van der Waals surface area contributed by atoms with Gasteiger partial charge in [0.2, 0.25) is 0 Å². The minimum absolute atomic E-state index is 0.194. The molecule has 2 nitrogen and oxygen atoms in total. The first-order chi connectivity index (χ1) is 6.34. The van der Waals surface area contributed by atoms with E-state index >= 15 is 0 Å². The van der Waals surface area contributed by atoms with Crippen LogP contribution in [0.25, 0.3) is 0 Å². The number of nitrogens with two attached hydrogens (primary N) is 1. The van der Waals surface area contributed by atoms with E-state index in [2.05, 4.69) is 33.8 Å². The van der Waals surface area contributed by atoms with Gasteiger partial charge in [-0.2, -0.15) is 0 Å². The largest absolute Gasteiger partial charge is 0.385 e. The van der Waals surface area contributed by atoms with Crippen molar-refractivity contribution in [3.05, 3.63) is 17.3 Å². The zero-order valence-corrected chi connectivity index (χ0v) is 10.6.